The zero-order valence-corrected chi connectivity index (χ0v) is 11.6. The summed E-state index contributed by atoms with van der Waals surface area (Å²) in [6, 6.07) is 6.71. The number of aromatic nitrogens is 1. The maximum Gasteiger partial charge on any atom is 0.255 e. The molecule has 2 aromatic rings. The standard InChI is InChI=1S/C13H10BrFN2O2/c1-17-5-4-8(6-12(17)18)13(19)16-11-3-2-9(15)7-10(11)14/h2-7H,1H3,(H,16,19). The fourth-order valence-electron chi connectivity index (χ4n) is 1.48. The van der Waals surface area contributed by atoms with Gasteiger partial charge in [0.25, 0.3) is 11.5 Å². The largest absolute Gasteiger partial charge is 0.321 e. The van der Waals surface area contributed by atoms with Gasteiger partial charge in [-0.2, -0.15) is 0 Å². The van der Waals surface area contributed by atoms with Gasteiger partial charge in [0.1, 0.15) is 5.82 Å². The molecule has 0 radical (unpaired) electrons. The topological polar surface area (TPSA) is 51.1 Å². The first-order valence-electron chi connectivity index (χ1n) is 5.40. The normalized spacial score (nSPS) is 10.3. The molecule has 0 atom stereocenters. The molecule has 0 saturated carbocycles. The van der Waals surface area contributed by atoms with Gasteiger partial charge in [-0.05, 0) is 40.2 Å². The van der Waals surface area contributed by atoms with Gasteiger partial charge < -0.3 is 9.88 Å². The van der Waals surface area contributed by atoms with Crippen LogP contribution in [0.5, 0.6) is 0 Å². The molecule has 0 fully saturated rings. The van der Waals surface area contributed by atoms with Crippen LogP contribution in [-0.2, 0) is 7.05 Å². The summed E-state index contributed by atoms with van der Waals surface area (Å²) in [7, 11) is 1.60. The zero-order chi connectivity index (χ0) is 14.0. The van der Waals surface area contributed by atoms with Crippen molar-refractivity contribution in [2.24, 2.45) is 7.05 Å². The maximum atomic E-state index is 12.9. The molecule has 0 saturated heterocycles. The Labute approximate surface area is 117 Å². The van der Waals surface area contributed by atoms with E-state index in [9.17, 15) is 14.0 Å². The molecule has 1 aromatic heterocycles. The highest BCUT2D eigenvalue weighted by atomic mass is 79.9. The highest BCUT2D eigenvalue weighted by molar-refractivity contribution is 9.10. The Morgan fingerprint density at radius 3 is 2.68 bits per heavy atom. The van der Waals surface area contributed by atoms with Crippen molar-refractivity contribution in [3.8, 4) is 0 Å². The van der Waals surface area contributed by atoms with Gasteiger partial charge in [0, 0.05) is 29.3 Å². The van der Waals surface area contributed by atoms with E-state index < -0.39 is 11.7 Å². The van der Waals surface area contributed by atoms with E-state index in [4.69, 9.17) is 0 Å². The van der Waals surface area contributed by atoms with Gasteiger partial charge in [-0.1, -0.05) is 0 Å². The maximum absolute atomic E-state index is 12.9. The molecule has 0 aliphatic rings. The average Bonchev–Trinajstić information content (AvgIpc) is 2.36. The fraction of sp³-hybridized carbons (Fsp3) is 0.0769. The summed E-state index contributed by atoms with van der Waals surface area (Å²) in [4.78, 5) is 23.4. The summed E-state index contributed by atoms with van der Waals surface area (Å²) in [5.74, 6) is -0.830. The van der Waals surface area contributed by atoms with E-state index in [0.717, 1.165) is 0 Å². The summed E-state index contributed by atoms with van der Waals surface area (Å²) >= 11 is 3.15. The number of halogens is 2. The number of rotatable bonds is 2. The second-order valence-electron chi connectivity index (χ2n) is 3.94. The molecular weight excluding hydrogens is 315 g/mol. The Morgan fingerprint density at radius 2 is 2.05 bits per heavy atom. The number of carbonyl (C=O) groups is 1. The zero-order valence-electron chi connectivity index (χ0n) is 9.98. The first-order valence-corrected chi connectivity index (χ1v) is 6.20. The van der Waals surface area contributed by atoms with Crippen molar-refractivity contribution in [3.05, 3.63) is 62.7 Å². The van der Waals surface area contributed by atoms with Crippen LogP contribution in [0.1, 0.15) is 10.4 Å². The van der Waals surface area contributed by atoms with E-state index in [1.165, 1.54) is 41.1 Å². The van der Waals surface area contributed by atoms with Crippen molar-refractivity contribution >= 4 is 27.5 Å². The molecule has 4 nitrogen and oxygen atoms in total. The number of benzene rings is 1. The number of amides is 1. The third-order valence-electron chi connectivity index (χ3n) is 2.55. The Bertz CT molecular complexity index is 697. The van der Waals surface area contributed by atoms with Crippen molar-refractivity contribution in [3.63, 3.8) is 0 Å². The van der Waals surface area contributed by atoms with Crippen LogP contribution in [0.3, 0.4) is 0 Å². The lowest BCUT2D eigenvalue weighted by Crippen LogP contribution is -2.20. The number of hydrogen-bond acceptors (Lipinski definition) is 2. The molecule has 1 amide bonds. The minimum Gasteiger partial charge on any atom is -0.321 e. The lowest BCUT2D eigenvalue weighted by Gasteiger charge is -2.07. The number of nitrogens with zero attached hydrogens (tertiary/aromatic N) is 1. The smallest absolute Gasteiger partial charge is 0.255 e. The first kappa shape index (κ1) is 13.5. The van der Waals surface area contributed by atoms with Crippen LogP contribution in [0.15, 0.2) is 45.8 Å². The van der Waals surface area contributed by atoms with E-state index in [1.807, 2.05) is 0 Å². The van der Waals surface area contributed by atoms with Crippen LogP contribution in [0, 0.1) is 5.82 Å². The number of hydrogen-bond donors (Lipinski definition) is 1. The number of carbonyl (C=O) groups excluding carboxylic acids is 1. The van der Waals surface area contributed by atoms with E-state index in [-0.39, 0.29) is 11.1 Å². The van der Waals surface area contributed by atoms with Crippen molar-refractivity contribution < 1.29 is 9.18 Å². The van der Waals surface area contributed by atoms with E-state index in [1.54, 1.807) is 7.05 Å². The molecule has 1 aromatic carbocycles. The molecule has 0 aliphatic heterocycles. The Balaban J connectivity index is 2.25. The van der Waals surface area contributed by atoms with Crippen LogP contribution in [-0.4, -0.2) is 10.5 Å². The van der Waals surface area contributed by atoms with Gasteiger partial charge in [0.15, 0.2) is 0 Å². The van der Waals surface area contributed by atoms with E-state index >= 15 is 0 Å². The average molecular weight is 325 g/mol. The predicted molar refractivity (Wildman–Crippen MR) is 73.7 cm³/mol. The number of anilines is 1. The minimum absolute atomic E-state index is 0.249. The van der Waals surface area contributed by atoms with Gasteiger partial charge in [-0.25, -0.2) is 4.39 Å². The molecule has 19 heavy (non-hydrogen) atoms. The highest BCUT2D eigenvalue weighted by Crippen LogP contribution is 2.23. The summed E-state index contributed by atoms with van der Waals surface area (Å²) in [5, 5.41) is 2.60. The van der Waals surface area contributed by atoms with Crippen molar-refractivity contribution in [2.75, 3.05) is 5.32 Å². The van der Waals surface area contributed by atoms with Crippen LogP contribution in [0.2, 0.25) is 0 Å². The van der Waals surface area contributed by atoms with Gasteiger partial charge in [-0.15, -0.1) is 0 Å². The van der Waals surface area contributed by atoms with Crippen molar-refractivity contribution in [1.82, 2.24) is 4.57 Å². The lowest BCUT2D eigenvalue weighted by atomic mass is 10.2. The molecule has 2 rings (SSSR count). The molecular formula is C13H10BrFN2O2. The third kappa shape index (κ3) is 3.08. The van der Waals surface area contributed by atoms with Crippen LogP contribution in [0.4, 0.5) is 10.1 Å². The molecule has 98 valence electrons. The SMILES string of the molecule is Cn1ccc(C(=O)Nc2ccc(F)cc2Br)cc1=O. The van der Waals surface area contributed by atoms with Gasteiger partial charge in [0.05, 0.1) is 5.69 Å². The molecule has 1 N–H and O–H groups in total. The lowest BCUT2D eigenvalue weighted by molar-refractivity contribution is 0.102. The summed E-state index contributed by atoms with van der Waals surface area (Å²) in [6.07, 6.45) is 1.51. The Morgan fingerprint density at radius 1 is 1.32 bits per heavy atom. The molecule has 0 unspecified atom stereocenters. The predicted octanol–water partition coefficient (Wildman–Crippen LogP) is 2.54. The number of pyridine rings is 1. The molecule has 0 aliphatic carbocycles. The summed E-state index contributed by atoms with van der Waals surface area (Å²) < 4.78 is 14.7. The van der Waals surface area contributed by atoms with Gasteiger partial charge in [-0.3, -0.25) is 9.59 Å². The van der Waals surface area contributed by atoms with Crippen LogP contribution in [0.25, 0.3) is 0 Å². The third-order valence-corrected chi connectivity index (χ3v) is 3.20. The van der Waals surface area contributed by atoms with Crippen molar-refractivity contribution in [1.29, 1.82) is 0 Å². The van der Waals surface area contributed by atoms with Crippen molar-refractivity contribution in [2.45, 2.75) is 0 Å². The molecule has 1 heterocycles. The van der Waals surface area contributed by atoms with Gasteiger partial charge >= 0.3 is 0 Å². The second kappa shape index (κ2) is 5.36. The van der Waals surface area contributed by atoms with E-state index in [2.05, 4.69) is 21.2 Å². The molecule has 0 spiro atoms. The fourth-order valence-corrected chi connectivity index (χ4v) is 1.93. The Hall–Kier alpha value is -1.95. The van der Waals surface area contributed by atoms with Crippen LogP contribution >= 0.6 is 15.9 Å². The van der Waals surface area contributed by atoms with Crippen LogP contribution < -0.4 is 10.9 Å². The first-order chi connectivity index (χ1) is 8.97. The quantitative estimate of drug-likeness (QED) is 0.922. The summed E-state index contributed by atoms with van der Waals surface area (Å²) in [5.41, 5.74) is 0.414. The Kier molecular flexibility index (Phi) is 3.80. The summed E-state index contributed by atoms with van der Waals surface area (Å²) in [6.45, 7) is 0. The molecule has 6 heteroatoms. The van der Waals surface area contributed by atoms with E-state index in [0.29, 0.717) is 10.2 Å². The second-order valence-corrected chi connectivity index (χ2v) is 4.80. The highest BCUT2D eigenvalue weighted by Gasteiger charge is 2.09. The molecule has 0 bridgehead atoms. The number of nitrogens with one attached hydrogen (secondary N) is 1. The van der Waals surface area contributed by atoms with Gasteiger partial charge in [0.2, 0.25) is 0 Å². The number of aryl methyl sites for hydroxylation is 1. The monoisotopic (exact) mass is 324 g/mol. The minimum atomic E-state index is -0.426.